The van der Waals surface area contributed by atoms with Crippen molar-refractivity contribution in [3.8, 4) is 5.69 Å². The fraction of sp³-hybridized carbons (Fsp3) is 0.250. The van der Waals surface area contributed by atoms with E-state index in [1.165, 1.54) is 28.3 Å². The van der Waals surface area contributed by atoms with Crippen LogP contribution in [0.1, 0.15) is 17.0 Å². The molecule has 0 saturated heterocycles. The summed E-state index contributed by atoms with van der Waals surface area (Å²) in [5.41, 5.74) is 4.50. The van der Waals surface area contributed by atoms with Gasteiger partial charge >= 0.3 is 0 Å². The Morgan fingerprint density at radius 3 is 2.60 bits per heavy atom. The van der Waals surface area contributed by atoms with Gasteiger partial charge in [0.2, 0.25) is 11.1 Å². The standard InChI is InChI=1S/C16H19N7OS/c1-10-4-6-13(7-5-10)23-12(3)15(11(2)21-23)19-14(24)8-25-16-20-18-9-22(16)17/h4-7,9H,8,17H2,1-3H3,(H,19,24). The minimum Gasteiger partial charge on any atom is -0.336 e. The van der Waals surface area contributed by atoms with Gasteiger partial charge in [-0.3, -0.25) is 4.79 Å². The molecule has 0 atom stereocenters. The number of carbonyl (C=O) groups is 1. The highest BCUT2D eigenvalue weighted by molar-refractivity contribution is 7.99. The highest BCUT2D eigenvalue weighted by Crippen LogP contribution is 2.23. The molecule has 0 unspecified atom stereocenters. The van der Waals surface area contributed by atoms with Crippen LogP contribution in [-0.2, 0) is 4.79 Å². The average Bonchev–Trinajstić information content (AvgIpc) is 3.12. The van der Waals surface area contributed by atoms with Gasteiger partial charge in [0.1, 0.15) is 6.33 Å². The van der Waals surface area contributed by atoms with Crippen molar-refractivity contribution in [2.45, 2.75) is 25.9 Å². The summed E-state index contributed by atoms with van der Waals surface area (Å²) in [6.07, 6.45) is 1.39. The summed E-state index contributed by atoms with van der Waals surface area (Å²) in [6.45, 7) is 5.84. The van der Waals surface area contributed by atoms with Gasteiger partial charge < -0.3 is 11.2 Å². The van der Waals surface area contributed by atoms with Gasteiger partial charge in [-0.2, -0.15) is 5.10 Å². The highest BCUT2D eigenvalue weighted by Gasteiger charge is 2.16. The predicted molar refractivity (Wildman–Crippen MR) is 97.3 cm³/mol. The van der Waals surface area contributed by atoms with E-state index in [9.17, 15) is 4.79 Å². The monoisotopic (exact) mass is 357 g/mol. The van der Waals surface area contributed by atoms with Crippen LogP contribution in [0.25, 0.3) is 5.69 Å². The Morgan fingerprint density at radius 2 is 1.96 bits per heavy atom. The summed E-state index contributed by atoms with van der Waals surface area (Å²) in [5, 5.41) is 15.5. The number of aryl methyl sites for hydroxylation is 2. The Balaban J connectivity index is 1.73. The number of nitrogen functional groups attached to an aromatic ring is 1. The molecule has 0 radical (unpaired) electrons. The lowest BCUT2D eigenvalue weighted by Gasteiger charge is -2.07. The lowest BCUT2D eigenvalue weighted by molar-refractivity contribution is -0.113. The molecule has 0 bridgehead atoms. The Labute approximate surface area is 149 Å². The molecular formula is C16H19N7OS. The van der Waals surface area contributed by atoms with E-state index in [-0.39, 0.29) is 11.7 Å². The van der Waals surface area contributed by atoms with E-state index < -0.39 is 0 Å². The fourth-order valence-corrected chi connectivity index (χ4v) is 3.04. The fourth-order valence-electron chi connectivity index (χ4n) is 2.40. The van der Waals surface area contributed by atoms with Crippen molar-refractivity contribution < 1.29 is 4.79 Å². The summed E-state index contributed by atoms with van der Waals surface area (Å²) in [5.74, 6) is 5.67. The van der Waals surface area contributed by atoms with Gasteiger partial charge in [0.15, 0.2) is 0 Å². The molecule has 0 spiro atoms. The van der Waals surface area contributed by atoms with Crippen LogP contribution >= 0.6 is 11.8 Å². The zero-order chi connectivity index (χ0) is 18.0. The van der Waals surface area contributed by atoms with E-state index in [1.807, 2.05) is 49.7 Å². The third-order valence-corrected chi connectivity index (χ3v) is 4.66. The molecule has 130 valence electrons. The van der Waals surface area contributed by atoms with Gasteiger partial charge in [0.25, 0.3) is 0 Å². The minimum atomic E-state index is -0.150. The Kier molecular flexibility index (Phi) is 4.75. The smallest absolute Gasteiger partial charge is 0.234 e. The first-order valence-corrected chi connectivity index (χ1v) is 8.65. The third-order valence-electron chi connectivity index (χ3n) is 3.71. The average molecular weight is 357 g/mol. The second-order valence-corrected chi connectivity index (χ2v) is 6.59. The second-order valence-electron chi connectivity index (χ2n) is 5.65. The minimum absolute atomic E-state index is 0.150. The van der Waals surface area contributed by atoms with Gasteiger partial charge in [0.05, 0.1) is 28.5 Å². The Morgan fingerprint density at radius 1 is 1.24 bits per heavy atom. The lowest BCUT2D eigenvalue weighted by atomic mass is 10.2. The largest absolute Gasteiger partial charge is 0.336 e. The van der Waals surface area contributed by atoms with Crippen LogP contribution in [0.15, 0.2) is 35.7 Å². The van der Waals surface area contributed by atoms with Crippen molar-refractivity contribution in [3.05, 3.63) is 47.5 Å². The topological polar surface area (TPSA) is 104 Å². The number of hydrogen-bond donors (Lipinski definition) is 2. The first-order chi connectivity index (χ1) is 12.0. The Hall–Kier alpha value is -2.81. The first-order valence-electron chi connectivity index (χ1n) is 7.66. The third kappa shape index (κ3) is 3.66. The molecule has 8 nitrogen and oxygen atoms in total. The zero-order valence-electron chi connectivity index (χ0n) is 14.2. The van der Waals surface area contributed by atoms with E-state index in [4.69, 9.17) is 5.84 Å². The summed E-state index contributed by atoms with van der Waals surface area (Å²) in [6, 6.07) is 8.07. The maximum absolute atomic E-state index is 12.2. The molecule has 0 aliphatic rings. The number of benzene rings is 1. The number of nitrogens with zero attached hydrogens (tertiary/aromatic N) is 5. The van der Waals surface area contributed by atoms with Crippen LogP contribution in [0.4, 0.5) is 5.69 Å². The van der Waals surface area contributed by atoms with Gasteiger partial charge in [-0.15, -0.1) is 10.2 Å². The summed E-state index contributed by atoms with van der Waals surface area (Å²) in [7, 11) is 0. The van der Waals surface area contributed by atoms with E-state index in [2.05, 4.69) is 20.6 Å². The summed E-state index contributed by atoms with van der Waals surface area (Å²) < 4.78 is 3.11. The number of thioether (sulfide) groups is 1. The van der Waals surface area contributed by atoms with Crippen LogP contribution < -0.4 is 11.2 Å². The molecule has 3 rings (SSSR count). The number of nitrogens with two attached hydrogens (primary N) is 1. The van der Waals surface area contributed by atoms with Crippen molar-refractivity contribution in [2.24, 2.45) is 0 Å². The maximum atomic E-state index is 12.2. The van der Waals surface area contributed by atoms with Crippen molar-refractivity contribution in [1.29, 1.82) is 0 Å². The number of aromatic nitrogens is 5. The quantitative estimate of drug-likeness (QED) is 0.533. The van der Waals surface area contributed by atoms with Gasteiger partial charge in [-0.25, -0.2) is 9.36 Å². The molecule has 2 heterocycles. The van der Waals surface area contributed by atoms with Crippen LogP contribution in [-0.4, -0.2) is 36.3 Å². The van der Waals surface area contributed by atoms with E-state index in [0.717, 1.165) is 22.8 Å². The molecule has 25 heavy (non-hydrogen) atoms. The Bertz CT molecular complexity index is 898. The van der Waals surface area contributed by atoms with Crippen molar-refractivity contribution in [3.63, 3.8) is 0 Å². The first kappa shape index (κ1) is 17.0. The number of amides is 1. The predicted octanol–water partition coefficient (Wildman–Crippen LogP) is 1.83. The maximum Gasteiger partial charge on any atom is 0.234 e. The van der Waals surface area contributed by atoms with Crippen molar-refractivity contribution in [2.75, 3.05) is 16.9 Å². The number of rotatable bonds is 5. The van der Waals surface area contributed by atoms with Crippen LogP contribution in [0.5, 0.6) is 0 Å². The zero-order valence-corrected chi connectivity index (χ0v) is 15.0. The van der Waals surface area contributed by atoms with Crippen LogP contribution in [0, 0.1) is 20.8 Å². The molecule has 9 heteroatoms. The van der Waals surface area contributed by atoms with E-state index in [0.29, 0.717) is 5.16 Å². The second kappa shape index (κ2) is 6.98. The van der Waals surface area contributed by atoms with Gasteiger partial charge in [-0.1, -0.05) is 29.5 Å². The lowest BCUT2D eigenvalue weighted by Crippen LogP contribution is -2.16. The molecule has 0 aliphatic carbocycles. The van der Waals surface area contributed by atoms with Crippen LogP contribution in [0.2, 0.25) is 0 Å². The molecule has 1 aromatic carbocycles. The number of carbonyl (C=O) groups excluding carboxylic acids is 1. The molecule has 0 fully saturated rings. The number of nitrogens with one attached hydrogen (secondary N) is 1. The molecule has 1 amide bonds. The summed E-state index contributed by atoms with van der Waals surface area (Å²) in [4.78, 5) is 12.2. The van der Waals surface area contributed by atoms with Gasteiger partial charge in [0, 0.05) is 0 Å². The molecule has 3 N–H and O–H groups in total. The van der Waals surface area contributed by atoms with Gasteiger partial charge in [-0.05, 0) is 32.9 Å². The highest BCUT2D eigenvalue weighted by atomic mass is 32.2. The van der Waals surface area contributed by atoms with Crippen LogP contribution in [0.3, 0.4) is 0 Å². The van der Waals surface area contributed by atoms with Crippen molar-refractivity contribution >= 4 is 23.4 Å². The SMILES string of the molecule is Cc1ccc(-n2nc(C)c(NC(=O)CSc3nncn3N)c2C)cc1. The molecule has 0 saturated carbocycles. The molecular weight excluding hydrogens is 338 g/mol. The summed E-state index contributed by atoms with van der Waals surface area (Å²) >= 11 is 1.22. The molecule has 0 aliphatic heterocycles. The molecule has 3 aromatic rings. The van der Waals surface area contributed by atoms with E-state index >= 15 is 0 Å². The van der Waals surface area contributed by atoms with Crippen molar-refractivity contribution in [1.82, 2.24) is 24.7 Å². The molecule has 2 aromatic heterocycles. The number of hydrogen-bond acceptors (Lipinski definition) is 6. The normalized spacial score (nSPS) is 10.8. The van der Waals surface area contributed by atoms with E-state index in [1.54, 1.807) is 0 Å². The number of anilines is 1.